The summed E-state index contributed by atoms with van der Waals surface area (Å²) in [6.45, 7) is 4.50. The van der Waals surface area contributed by atoms with Crippen LogP contribution in [0.5, 0.6) is 0 Å². The Morgan fingerprint density at radius 1 is 0.926 bits per heavy atom. The van der Waals surface area contributed by atoms with E-state index in [9.17, 15) is 4.79 Å². The molecule has 1 aromatic heterocycles. The third-order valence-electron chi connectivity index (χ3n) is 5.14. The SMILES string of the molecule is O=C(c1ccc(-n2ccnc2)cc1)N1CCN(CCc2ccccc2)CC1. The van der Waals surface area contributed by atoms with Gasteiger partial charge in [0.05, 0.1) is 6.33 Å². The highest BCUT2D eigenvalue weighted by Crippen LogP contribution is 2.13. The number of aromatic nitrogens is 2. The van der Waals surface area contributed by atoms with Gasteiger partial charge < -0.3 is 9.47 Å². The van der Waals surface area contributed by atoms with Crippen molar-refractivity contribution >= 4 is 5.91 Å². The topological polar surface area (TPSA) is 41.4 Å². The van der Waals surface area contributed by atoms with Crippen LogP contribution in [0, 0.1) is 0 Å². The lowest BCUT2D eigenvalue weighted by Gasteiger charge is -2.34. The van der Waals surface area contributed by atoms with Crippen molar-refractivity contribution in [3.05, 3.63) is 84.4 Å². The van der Waals surface area contributed by atoms with Gasteiger partial charge in [0.1, 0.15) is 0 Å². The number of hydrogen-bond donors (Lipinski definition) is 0. The maximum absolute atomic E-state index is 12.8. The molecule has 0 aliphatic carbocycles. The smallest absolute Gasteiger partial charge is 0.253 e. The van der Waals surface area contributed by atoms with Gasteiger partial charge in [-0.3, -0.25) is 9.69 Å². The van der Waals surface area contributed by atoms with Crippen LogP contribution < -0.4 is 0 Å². The van der Waals surface area contributed by atoms with Gasteiger partial charge in [0.2, 0.25) is 0 Å². The predicted octanol–water partition coefficient (Wildman–Crippen LogP) is 2.87. The third kappa shape index (κ3) is 4.26. The Bertz CT molecular complexity index is 851. The van der Waals surface area contributed by atoms with Crippen molar-refractivity contribution in [2.45, 2.75) is 6.42 Å². The first kappa shape index (κ1) is 17.5. The molecule has 0 bridgehead atoms. The van der Waals surface area contributed by atoms with Gasteiger partial charge in [-0.25, -0.2) is 4.98 Å². The van der Waals surface area contributed by atoms with Gasteiger partial charge >= 0.3 is 0 Å². The number of benzene rings is 2. The second kappa shape index (κ2) is 8.18. The van der Waals surface area contributed by atoms with Gasteiger partial charge in [0, 0.05) is 56.4 Å². The van der Waals surface area contributed by atoms with E-state index in [1.165, 1.54) is 5.56 Å². The number of hydrogen-bond acceptors (Lipinski definition) is 3. The van der Waals surface area contributed by atoms with E-state index in [2.05, 4.69) is 40.2 Å². The lowest BCUT2D eigenvalue weighted by Crippen LogP contribution is -2.49. The monoisotopic (exact) mass is 360 g/mol. The summed E-state index contributed by atoms with van der Waals surface area (Å²) in [7, 11) is 0. The van der Waals surface area contributed by atoms with Crippen LogP contribution >= 0.6 is 0 Å². The van der Waals surface area contributed by atoms with Crippen LogP contribution in [-0.2, 0) is 6.42 Å². The van der Waals surface area contributed by atoms with Gasteiger partial charge in [0.25, 0.3) is 5.91 Å². The summed E-state index contributed by atoms with van der Waals surface area (Å²) in [5.41, 5.74) is 3.13. The van der Waals surface area contributed by atoms with Crippen LogP contribution in [-0.4, -0.2) is 58.0 Å². The second-order valence-corrected chi connectivity index (χ2v) is 6.89. The summed E-state index contributed by atoms with van der Waals surface area (Å²) >= 11 is 0. The number of imidazole rings is 1. The molecular formula is C22H24N4O. The van der Waals surface area contributed by atoms with E-state index in [1.54, 1.807) is 12.5 Å². The second-order valence-electron chi connectivity index (χ2n) is 6.89. The van der Waals surface area contributed by atoms with Crippen LogP contribution in [0.15, 0.2) is 73.3 Å². The lowest BCUT2D eigenvalue weighted by molar-refractivity contribution is 0.0638. The fourth-order valence-corrected chi connectivity index (χ4v) is 3.48. The average molecular weight is 360 g/mol. The minimum Gasteiger partial charge on any atom is -0.336 e. The molecule has 2 aromatic carbocycles. The highest BCUT2D eigenvalue weighted by Gasteiger charge is 2.21. The molecule has 0 saturated carbocycles. The molecule has 5 nitrogen and oxygen atoms in total. The molecule has 0 spiro atoms. The van der Waals surface area contributed by atoms with Crippen LogP contribution in [0.4, 0.5) is 0 Å². The van der Waals surface area contributed by atoms with Crippen molar-refractivity contribution in [2.75, 3.05) is 32.7 Å². The Morgan fingerprint density at radius 3 is 2.33 bits per heavy atom. The minimum absolute atomic E-state index is 0.120. The van der Waals surface area contributed by atoms with Crippen LogP contribution in [0.25, 0.3) is 5.69 Å². The molecule has 4 rings (SSSR count). The van der Waals surface area contributed by atoms with Gasteiger partial charge in [-0.05, 0) is 36.2 Å². The molecule has 138 valence electrons. The first-order valence-corrected chi connectivity index (χ1v) is 9.43. The lowest BCUT2D eigenvalue weighted by atomic mass is 10.1. The Morgan fingerprint density at radius 2 is 1.67 bits per heavy atom. The zero-order valence-electron chi connectivity index (χ0n) is 15.4. The van der Waals surface area contributed by atoms with Crippen LogP contribution in [0.2, 0.25) is 0 Å². The largest absolute Gasteiger partial charge is 0.336 e. The average Bonchev–Trinajstić information content (AvgIpc) is 3.28. The molecule has 0 N–H and O–H groups in total. The van der Waals surface area contributed by atoms with Crippen molar-refractivity contribution in [1.29, 1.82) is 0 Å². The number of nitrogens with zero attached hydrogens (tertiary/aromatic N) is 4. The van der Waals surface area contributed by atoms with Crippen molar-refractivity contribution in [3.63, 3.8) is 0 Å². The van der Waals surface area contributed by atoms with Crippen molar-refractivity contribution in [2.24, 2.45) is 0 Å². The van der Waals surface area contributed by atoms with E-state index in [0.29, 0.717) is 0 Å². The highest BCUT2D eigenvalue weighted by molar-refractivity contribution is 5.94. The molecule has 1 aliphatic heterocycles. The Kier molecular flexibility index (Phi) is 5.30. The Balaban J connectivity index is 1.29. The molecule has 5 heteroatoms. The fraction of sp³-hybridized carbons (Fsp3) is 0.273. The van der Waals surface area contributed by atoms with E-state index < -0.39 is 0 Å². The molecule has 27 heavy (non-hydrogen) atoms. The Hall–Kier alpha value is -2.92. The van der Waals surface area contributed by atoms with E-state index in [1.807, 2.05) is 39.9 Å². The van der Waals surface area contributed by atoms with Crippen LogP contribution in [0.1, 0.15) is 15.9 Å². The molecule has 0 atom stereocenters. The summed E-state index contributed by atoms with van der Waals surface area (Å²) in [4.78, 5) is 21.2. The van der Waals surface area contributed by atoms with Gasteiger partial charge in [0.15, 0.2) is 0 Å². The number of piperazine rings is 1. The van der Waals surface area contributed by atoms with Crippen molar-refractivity contribution in [3.8, 4) is 5.69 Å². The maximum Gasteiger partial charge on any atom is 0.253 e. The summed E-state index contributed by atoms with van der Waals surface area (Å²) in [6, 6.07) is 18.3. The normalized spacial score (nSPS) is 15.0. The van der Waals surface area contributed by atoms with Gasteiger partial charge in [-0.15, -0.1) is 0 Å². The summed E-state index contributed by atoms with van der Waals surface area (Å²) < 4.78 is 1.93. The standard InChI is InChI=1S/C22H24N4O/c27-22(20-6-8-21(9-7-20)26-13-11-23-18-26)25-16-14-24(15-17-25)12-10-19-4-2-1-3-5-19/h1-9,11,13,18H,10,12,14-17H2. The summed E-state index contributed by atoms with van der Waals surface area (Å²) in [5, 5.41) is 0. The van der Waals surface area contributed by atoms with Gasteiger partial charge in [-0.1, -0.05) is 30.3 Å². The summed E-state index contributed by atoms with van der Waals surface area (Å²) in [5.74, 6) is 0.120. The molecule has 2 heterocycles. The van der Waals surface area contributed by atoms with E-state index in [-0.39, 0.29) is 5.91 Å². The molecule has 1 fully saturated rings. The molecule has 3 aromatic rings. The predicted molar refractivity (Wildman–Crippen MR) is 106 cm³/mol. The molecule has 0 unspecified atom stereocenters. The first-order chi connectivity index (χ1) is 13.3. The Labute approximate surface area is 159 Å². The molecule has 1 aliphatic rings. The first-order valence-electron chi connectivity index (χ1n) is 9.43. The quantitative estimate of drug-likeness (QED) is 0.703. The molecular weight excluding hydrogens is 336 g/mol. The number of carbonyl (C=O) groups is 1. The van der Waals surface area contributed by atoms with E-state index >= 15 is 0 Å². The zero-order chi connectivity index (χ0) is 18.5. The number of carbonyl (C=O) groups excluding carboxylic acids is 1. The minimum atomic E-state index is 0.120. The fourth-order valence-electron chi connectivity index (χ4n) is 3.48. The van der Waals surface area contributed by atoms with Crippen LogP contribution in [0.3, 0.4) is 0 Å². The third-order valence-corrected chi connectivity index (χ3v) is 5.14. The molecule has 1 saturated heterocycles. The van der Waals surface area contributed by atoms with E-state index in [0.717, 1.165) is 50.4 Å². The van der Waals surface area contributed by atoms with Gasteiger partial charge in [-0.2, -0.15) is 0 Å². The van der Waals surface area contributed by atoms with Crippen molar-refractivity contribution in [1.82, 2.24) is 19.4 Å². The van der Waals surface area contributed by atoms with E-state index in [4.69, 9.17) is 0 Å². The zero-order valence-corrected chi connectivity index (χ0v) is 15.4. The number of rotatable bonds is 5. The highest BCUT2D eigenvalue weighted by atomic mass is 16.2. The number of amides is 1. The summed E-state index contributed by atoms with van der Waals surface area (Å²) in [6.07, 6.45) is 6.46. The molecule has 0 radical (unpaired) electrons. The van der Waals surface area contributed by atoms with Crippen molar-refractivity contribution < 1.29 is 4.79 Å². The maximum atomic E-state index is 12.8. The molecule has 1 amide bonds.